The van der Waals surface area contributed by atoms with Crippen molar-refractivity contribution in [2.75, 3.05) is 6.61 Å². The minimum atomic E-state index is -1.29. The van der Waals surface area contributed by atoms with Crippen molar-refractivity contribution >= 4 is 11.9 Å². The molecule has 5 heteroatoms. The average Bonchev–Trinajstić information content (AvgIpc) is 2.75. The van der Waals surface area contributed by atoms with Gasteiger partial charge in [0.05, 0.1) is 0 Å². The van der Waals surface area contributed by atoms with Crippen LogP contribution >= 0.6 is 0 Å². The molecular formula is C10H17NO4. The van der Waals surface area contributed by atoms with Gasteiger partial charge in [0, 0.05) is 12.5 Å². The Morgan fingerprint density at radius 1 is 1.53 bits per heavy atom. The van der Waals surface area contributed by atoms with Crippen LogP contribution in [0.2, 0.25) is 0 Å². The van der Waals surface area contributed by atoms with Gasteiger partial charge in [0.15, 0.2) is 5.41 Å². The Morgan fingerprint density at radius 2 is 2.07 bits per heavy atom. The third-order valence-corrected chi connectivity index (χ3v) is 2.53. The van der Waals surface area contributed by atoms with Crippen LogP contribution in [0.5, 0.6) is 0 Å². The summed E-state index contributed by atoms with van der Waals surface area (Å²) >= 11 is 0. The standard InChI is InChI=1S/C10H17NO4/c1-9(2,3)15-8(14)10(7(11)13)4-6(10)5-12/h6,12H,4-5H2,1-3H3,(H2,11,13). The SMILES string of the molecule is CC(C)(C)OC(=O)C1(C(N)=O)CC1CO. The zero-order chi connectivity index (χ0) is 11.9. The molecule has 0 bridgehead atoms. The molecular weight excluding hydrogens is 198 g/mol. The normalized spacial score (nSPS) is 29.7. The fraction of sp³-hybridized carbons (Fsp3) is 0.800. The third-order valence-electron chi connectivity index (χ3n) is 2.53. The Morgan fingerprint density at radius 3 is 2.33 bits per heavy atom. The number of amides is 1. The highest BCUT2D eigenvalue weighted by Crippen LogP contribution is 2.53. The Kier molecular flexibility index (Phi) is 2.78. The second-order valence-corrected chi connectivity index (χ2v) is 4.92. The molecule has 1 aliphatic carbocycles. The van der Waals surface area contributed by atoms with Crippen LogP contribution in [0.15, 0.2) is 0 Å². The molecule has 1 aliphatic rings. The van der Waals surface area contributed by atoms with Crippen LogP contribution in [-0.2, 0) is 14.3 Å². The van der Waals surface area contributed by atoms with Gasteiger partial charge in [-0.1, -0.05) is 0 Å². The number of aliphatic hydroxyl groups is 1. The summed E-state index contributed by atoms with van der Waals surface area (Å²) in [6.07, 6.45) is 0.285. The maximum absolute atomic E-state index is 11.7. The van der Waals surface area contributed by atoms with E-state index in [1.807, 2.05) is 0 Å². The Bertz CT molecular complexity index is 294. The van der Waals surface area contributed by atoms with Crippen LogP contribution in [0.3, 0.4) is 0 Å². The summed E-state index contributed by atoms with van der Waals surface area (Å²) in [7, 11) is 0. The summed E-state index contributed by atoms with van der Waals surface area (Å²) in [6.45, 7) is 4.93. The Hall–Kier alpha value is -1.10. The quantitative estimate of drug-likeness (QED) is 0.504. The molecule has 3 N–H and O–H groups in total. The number of rotatable bonds is 3. The Balaban J connectivity index is 2.77. The van der Waals surface area contributed by atoms with Crippen LogP contribution in [0.25, 0.3) is 0 Å². The molecule has 0 aromatic carbocycles. The van der Waals surface area contributed by atoms with E-state index >= 15 is 0 Å². The summed E-state index contributed by atoms with van der Waals surface area (Å²) in [5.41, 5.74) is 3.23. The van der Waals surface area contributed by atoms with Gasteiger partial charge in [-0.05, 0) is 27.2 Å². The van der Waals surface area contributed by atoms with Gasteiger partial charge in [-0.2, -0.15) is 0 Å². The van der Waals surface area contributed by atoms with Gasteiger partial charge >= 0.3 is 5.97 Å². The third kappa shape index (κ3) is 2.12. The van der Waals surface area contributed by atoms with E-state index in [1.54, 1.807) is 20.8 Å². The van der Waals surface area contributed by atoms with E-state index in [4.69, 9.17) is 15.6 Å². The van der Waals surface area contributed by atoms with Crippen molar-refractivity contribution in [2.24, 2.45) is 17.1 Å². The monoisotopic (exact) mass is 215 g/mol. The van der Waals surface area contributed by atoms with Crippen molar-refractivity contribution in [3.8, 4) is 0 Å². The molecule has 0 aromatic heterocycles. The van der Waals surface area contributed by atoms with E-state index in [0.29, 0.717) is 0 Å². The smallest absolute Gasteiger partial charge is 0.322 e. The molecule has 0 saturated heterocycles. The summed E-state index contributed by atoms with van der Waals surface area (Å²) in [5, 5.41) is 8.92. The highest BCUT2D eigenvalue weighted by atomic mass is 16.6. The van der Waals surface area contributed by atoms with Crippen molar-refractivity contribution in [2.45, 2.75) is 32.8 Å². The molecule has 0 aromatic rings. The molecule has 2 unspecified atom stereocenters. The molecule has 1 fully saturated rings. The molecule has 0 radical (unpaired) electrons. The van der Waals surface area contributed by atoms with Gasteiger partial charge in [-0.15, -0.1) is 0 Å². The number of carbonyl (C=O) groups is 2. The van der Waals surface area contributed by atoms with Crippen LogP contribution < -0.4 is 5.73 Å². The van der Waals surface area contributed by atoms with Gasteiger partial charge in [-0.25, -0.2) is 0 Å². The highest BCUT2D eigenvalue weighted by molar-refractivity contribution is 6.05. The lowest BCUT2D eigenvalue weighted by Gasteiger charge is -2.22. The second-order valence-electron chi connectivity index (χ2n) is 4.92. The molecule has 0 spiro atoms. The molecule has 1 saturated carbocycles. The van der Waals surface area contributed by atoms with Crippen molar-refractivity contribution in [3.63, 3.8) is 0 Å². The first-order chi connectivity index (χ1) is 6.74. The first-order valence-electron chi connectivity index (χ1n) is 4.88. The Labute approximate surface area is 88.6 Å². The number of aliphatic hydroxyl groups excluding tert-OH is 1. The molecule has 1 rings (SSSR count). The fourth-order valence-electron chi connectivity index (χ4n) is 1.57. The van der Waals surface area contributed by atoms with Gasteiger partial charge in [0.1, 0.15) is 5.60 Å². The lowest BCUT2D eigenvalue weighted by molar-refractivity contribution is -0.165. The van der Waals surface area contributed by atoms with Crippen molar-refractivity contribution < 1.29 is 19.4 Å². The number of primary amides is 1. The van der Waals surface area contributed by atoms with Crippen LogP contribution in [0.4, 0.5) is 0 Å². The van der Waals surface area contributed by atoms with Crippen LogP contribution in [0, 0.1) is 11.3 Å². The minimum absolute atomic E-state index is 0.220. The largest absolute Gasteiger partial charge is 0.459 e. The maximum atomic E-state index is 11.7. The minimum Gasteiger partial charge on any atom is -0.459 e. The summed E-state index contributed by atoms with van der Waals surface area (Å²) < 4.78 is 5.11. The number of hydrogen-bond donors (Lipinski definition) is 2. The molecule has 5 nitrogen and oxygen atoms in total. The van der Waals surface area contributed by atoms with E-state index in [0.717, 1.165) is 0 Å². The van der Waals surface area contributed by atoms with Gasteiger partial charge in [-0.3, -0.25) is 9.59 Å². The number of hydrogen-bond acceptors (Lipinski definition) is 4. The molecule has 15 heavy (non-hydrogen) atoms. The summed E-state index contributed by atoms with van der Waals surface area (Å²) in [4.78, 5) is 22.9. The highest BCUT2D eigenvalue weighted by Gasteiger charge is 2.66. The number of ether oxygens (including phenoxy) is 1. The fourth-order valence-corrected chi connectivity index (χ4v) is 1.57. The average molecular weight is 215 g/mol. The number of esters is 1. The topological polar surface area (TPSA) is 89.6 Å². The first-order valence-corrected chi connectivity index (χ1v) is 4.88. The van der Waals surface area contributed by atoms with E-state index in [-0.39, 0.29) is 18.9 Å². The molecule has 1 amide bonds. The molecule has 86 valence electrons. The summed E-state index contributed by atoms with van der Waals surface area (Å²) in [5.74, 6) is -1.72. The predicted octanol–water partition coefficient (Wildman–Crippen LogP) is -0.188. The molecule has 0 aliphatic heterocycles. The van der Waals surface area contributed by atoms with Gasteiger partial charge < -0.3 is 15.6 Å². The van der Waals surface area contributed by atoms with Gasteiger partial charge in [0.2, 0.25) is 5.91 Å². The van der Waals surface area contributed by atoms with Crippen molar-refractivity contribution in [1.82, 2.24) is 0 Å². The van der Waals surface area contributed by atoms with Gasteiger partial charge in [0.25, 0.3) is 0 Å². The zero-order valence-electron chi connectivity index (χ0n) is 9.24. The van der Waals surface area contributed by atoms with E-state index in [2.05, 4.69) is 0 Å². The lowest BCUT2D eigenvalue weighted by atomic mass is 10.0. The lowest BCUT2D eigenvalue weighted by Crippen LogP contribution is -2.39. The van der Waals surface area contributed by atoms with Crippen molar-refractivity contribution in [1.29, 1.82) is 0 Å². The van der Waals surface area contributed by atoms with E-state index < -0.39 is 22.9 Å². The zero-order valence-corrected chi connectivity index (χ0v) is 9.24. The second kappa shape index (κ2) is 3.48. The maximum Gasteiger partial charge on any atom is 0.322 e. The molecule has 2 atom stereocenters. The number of nitrogens with two attached hydrogens (primary N) is 1. The van der Waals surface area contributed by atoms with Crippen LogP contribution in [0.1, 0.15) is 27.2 Å². The van der Waals surface area contributed by atoms with E-state index in [1.165, 1.54) is 0 Å². The molecule has 0 heterocycles. The summed E-state index contributed by atoms with van der Waals surface area (Å²) in [6, 6.07) is 0. The first kappa shape index (κ1) is 12.0. The number of carbonyl (C=O) groups excluding carboxylic acids is 2. The predicted molar refractivity (Wildman–Crippen MR) is 52.7 cm³/mol. The van der Waals surface area contributed by atoms with E-state index in [9.17, 15) is 9.59 Å². The van der Waals surface area contributed by atoms with Crippen molar-refractivity contribution in [3.05, 3.63) is 0 Å². The van der Waals surface area contributed by atoms with Crippen LogP contribution in [-0.4, -0.2) is 29.2 Å².